The first-order valence-corrected chi connectivity index (χ1v) is 9.28. The van der Waals surface area contributed by atoms with Gasteiger partial charge in [0, 0.05) is 21.3 Å². The summed E-state index contributed by atoms with van der Waals surface area (Å²) in [6.07, 6.45) is 0. The number of carbonyl (C=O) groups is 1. The van der Waals surface area contributed by atoms with Crippen molar-refractivity contribution in [3.63, 3.8) is 0 Å². The van der Waals surface area contributed by atoms with Gasteiger partial charge in [-0.05, 0) is 61.5 Å². The lowest BCUT2D eigenvalue weighted by Crippen LogP contribution is -2.12. The maximum atomic E-state index is 12.6. The predicted molar refractivity (Wildman–Crippen MR) is 111 cm³/mol. The van der Waals surface area contributed by atoms with Gasteiger partial charge in [-0.1, -0.05) is 33.6 Å². The third kappa shape index (κ3) is 5.11. The molecule has 0 fully saturated rings. The van der Waals surface area contributed by atoms with Crippen LogP contribution in [-0.4, -0.2) is 13.0 Å². The van der Waals surface area contributed by atoms with Gasteiger partial charge in [-0.2, -0.15) is 0 Å². The third-order valence-corrected chi connectivity index (χ3v) is 4.59. The van der Waals surface area contributed by atoms with E-state index in [0.717, 1.165) is 21.5 Å². The molecule has 3 aromatic rings. The second-order valence-electron chi connectivity index (χ2n) is 6.09. The molecule has 5 heteroatoms. The van der Waals surface area contributed by atoms with Crippen molar-refractivity contribution in [1.82, 2.24) is 0 Å². The van der Waals surface area contributed by atoms with Gasteiger partial charge < -0.3 is 14.8 Å². The molecular formula is C22H20BrNO3. The number of hydrogen-bond acceptors (Lipinski definition) is 3. The lowest BCUT2D eigenvalue weighted by atomic mass is 10.1. The molecule has 0 aromatic heterocycles. The van der Waals surface area contributed by atoms with Crippen molar-refractivity contribution >= 4 is 27.5 Å². The van der Waals surface area contributed by atoms with E-state index < -0.39 is 0 Å². The number of hydrogen-bond donors (Lipinski definition) is 1. The number of methoxy groups -OCH3 is 1. The number of carbonyl (C=O) groups excluding carboxylic acids is 1. The van der Waals surface area contributed by atoms with Gasteiger partial charge in [0.25, 0.3) is 5.91 Å². The molecule has 0 spiro atoms. The van der Waals surface area contributed by atoms with E-state index in [0.29, 0.717) is 17.9 Å². The van der Waals surface area contributed by atoms with Crippen LogP contribution in [0.25, 0.3) is 0 Å². The SMILES string of the molecule is COc1ccc(C(=O)Nc2ccc(Br)cc2)cc1COc1ccc(C)cc1. The molecule has 0 aliphatic rings. The summed E-state index contributed by atoms with van der Waals surface area (Å²) < 4.78 is 12.2. The minimum absolute atomic E-state index is 0.184. The van der Waals surface area contributed by atoms with E-state index in [1.54, 1.807) is 25.3 Å². The molecule has 0 unspecified atom stereocenters. The van der Waals surface area contributed by atoms with Crippen LogP contribution in [0.2, 0.25) is 0 Å². The number of amides is 1. The van der Waals surface area contributed by atoms with Crippen LogP contribution >= 0.6 is 15.9 Å². The summed E-state index contributed by atoms with van der Waals surface area (Å²) in [7, 11) is 1.60. The molecule has 138 valence electrons. The highest BCUT2D eigenvalue weighted by molar-refractivity contribution is 9.10. The highest BCUT2D eigenvalue weighted by Crippen LogP contribution is 2.23. The van der Waals surface area contributed by atoms with E-state index in [-0.39, 0.29) is 5.91 Å². The Morgan fingerprint density at radius 3 is 2.37 bits per heavy atom. The maximum Gasteiger partial charge on any atom is 0.255 e. The highest BCUT2D eigenvalue weighted by Gasteiger charge is 2.11. The fourth-order valence-corrected chi connectivity index (χ4v) is 2.83. The fourth-order valence-electron chi connectivity index (χ4n) is 2.56. The van der Waals surface area contributed by atoms with E-state index in [4.69, 9.17) is 9.47 Å². The molecule has 0 aliphatic heterocycles. The molecule has 27 heavy (non-hydrogen) atoms. The first kappa shape index (κ1) is 19.0. The zero-order valence-corrected chi connectivity index (χ0v) is 16.7. The molecule has 4 nitrogen and oxygen atoms in total. The number of ether oxygens (including phenoxy) is 2. The van der Waals surface area contributed by atoms with Crippen LogP contribution < -0.4 is 14.8 Å². The fraction of sp³-hybridized carbons (Fsp3) is 0.136. The molecule has 0 saturated heterocycles. The van der Waals surface area contributed by atoms with Gasteiger partial charge in [0.05, 0.1) is 7.11 Å². The molecule has 0 heterocycles. The van der Waals surface area contributed by atoms with Crippen molar-refractivity contribution < 1.29 is 14.3 Å². The van der Waals surface area contributed by atoms with Crippen LogP contribution in [0, 0.1) is 6.92 Å². The summed E-state index contributed by atoms with van der Waals surface area (Å²) in [5.41, 5.74) is 3.26. The molecule has 0 atom stereocenters. The molecular weight excluding hydrogens is 406 g/mol. The minimum Gasteiger partial charge on any atom is -0.496 e. The van der Waals surface area contributed by atoms with Crippen LogP contribution in [0.3, 0.4) is 0 Å². The van der Waals surface area contributed by atoms with Crippen molar-refractivity contribution in [2.75, 3.05) is 12.4 Å². The Morgan fingerprint density at radius 1 is 1.00 bits per heavy atom. The molecule has 3 aromatic carbocycles. The number of halogens is 1. The highest BCUT2D eigenvalue weighted by atomic mass is 79.9. The van der Waals surface area contributed by atoms with Gasteiger partial charge in [0.2, 0.25) is 0 Å². The monoisotopic (exact) mass is 425 g/mol. The molecule has 0 saturated carbocycles. The standard InChI is InChI=1S/C22H20BrNO3/c1-15-3-10-20(11-4-15)27-14-17-13-16(5-12-21(17)26-2)22(25)24-19-8-6-18(23)7-9-19/h3-13H,14H2,1-2H3,(H,24,25). The number of aryl methyl sites for hydroxylation is 1. The lowest BCUT2D eigenvalue weighted by molar-refractivity contribution is 0.102. The van der Waals surface area contributed by atoms with Crippen molar-refractivity contribution in [2.45, 2.75) is 13.5 Å². The van der Waals surface area contributed by atoms with Crippen molar-refractivity contribution in [1.29, 1.82) is 0 Å². The molecule has 0 radical (unpaired) electrons. The second kappa shape index (κ2) is 8.73. The first-order valence-electron chi connectivity index (χ1n) is 8.48. The third-order valence-electron chi connectivity index (χ3n) is 4.06. The largest absolute Gasteiger partial charge is 0.496 e. The summed E-state index contributed by atoms with van der Waals surface area (Å²) in [5, 5.41) is 2.89. The van der Waals surface area contributed by atoms with E-state index in [2.05, 4.69) is 21.2 Å². The summed E-state index contributed by atoms with van der Waals surface area (Å²) in [6.45, 7) is 2.34. The summed E-state index contributed by atoms with van der Waals surface area (Å²) in [6, 6.07) is 20.6. The Labute approximate surface area is 167 Å². The Bertz CT molecular complexity index is 921. The molecule has 1 amide bonds. The smallest absolute Gasteiger partial charge is 0.255 e. The van der Waals surface area contributed by atoms with Crippen molar-refractivity contribution in [3.05, 3.63) is 87.9 Å². The van der Waals surface area contributed by atoms with Gasteiger partial charge in [-0.3, -0.25) is 4.79 Å². The zero-order valence-electron chi connectivity index (χ0n) is 15.2. The van der Waals surface area contributed by atoms with Crippen molar-refractivity contribution in [3.8, 4) is 11.5 Å². The summed E-state index contributed by atoms with van der Waals surface area (Å²) >= 11 is 3.38. The summed E-state index contributed by atoms with van der Waals surface area (Å²) in [5.74, 6) is 1.27. The summed E-state index contributed by atoms with van der Waals surface area (Å²) in [4.78, 5) is 12.6. The van der Waals surface area contributed by atoms with Gasteiger partial charge in [-0.25, -0.2) is 0 Å². The average Bonchev–Trinajstić information content (AvgIpc) is 2.69. The van der Waals surface area contributed by atoms with E-state index in [1.165, 1.54) is 5.56 Å². The number of rotatable bonds is 6. The van der Waals surface area contributed by atoms with Gasteiger partial charge in [-0.15, -0.1) is 0 Å². The molecule has 0 bridgehead atoms. The topological polar surface area (TPSA) is 47.6 Å². The normalized spacial score (nSPS) is 10.3. The van der Waals surface area contributed by atoms with Gasteiger partial charge in [0.1, 0.15) is 18.1 Å². The predicted octanol–water partition coefficient (Wildman–Crippen LogP) is 5.60. The van der Waals surface area contributed by atoms with Crippen LogP contribution in [0.4, 0.5) is 5.69 Å². The van der Waals surface area contributed by atoms with Crippen molar-refractivity contribution in [2.24, 2.45) is 0 Å². The van der Waals surface area contributed by atoms with E-state index in [1.807, 2.05) is 55.5 Å². The first-order chi connectivity index (χ1) is 13.0. The number of benzene rings is 3. The van der Waals surface area contributed by atoms with Crippen LogP contribution in [0.15, 0.2) is 71.2 Å². The average molecular weight is 426 g/mol. The lowest BCUT2D eigenvalue weighted by Gasteiger charge is -2.12. The van der Waals surface area contributed by atoms with Gasteiger partial charge >= 0.3 is 0 Å². The Balaban J connectivity index is 1.74. The quantitative estimate of drug-likeness (QED) is 0.559. The molecule has 1 N–H and O–H groups in total. The Kier molecular flexibility index (Phi) is 6.14. The Hall–Kier alpha value is -2.79. The zero-order chi connectivity index (χ0) is 19.2. The molecule has 3 rings (SSSR count). The van der Waals surface area contributed by atoms with E-state index >= 15 is 0 Å². The number of anilines is 1. The maximum absolute atomic E-state index is 12.6. The van der Waals surface area contributed by atoms with E-state index in [9.17, 15) is 4.79 Å². The molecule has 0 aliphatic carbocycles. The van der Waals surface area contributed by atoms with Crippen LogP contribution in [0.1, 0.15) is 21.5 Å². The number of nitrogens with one attached hydrogen (secondary N) is 1. The van der Waals surface area contributed by atoms with Crippen LogP contribution in [-0.2, 0) is 6.61 Å². The minimum atomic E-state index is -0.184. The van der Waals surface area contributed by atoms with Gasteiger partial charge in [0.15, 0.2) is 0 Å². The van der Waals surface area contributed by atoms with Crippen LogP contribution in [0.5, 0.6) is 11.5 Å². The Morgan fingerprint density at radius 2 is 1.70 bits per heavy atom. The second-order valence-corrected chi connectivity index (χ2v) is 7.01.